The van der Waals surface area contributed by atoms with E-state index in [0.717, 1.165) is 19.3 Å². The van der Waals surface area contributed by atoms with E-state index >= 15 is 0 Å². The summed E-state index contributed by atoms with van der Waals surface area (Å²) >= 11 is 0. The van der Waals surface area contributed by atoms with Gasteiger partial charge in [0, 0.05) is 26.2 Å². The van der Waals surface area contributed by atoms with Gasteiger partial charge in [0.25, 0.3) is 0 Å². The molecular weight excluding hydrogens is 361 g/mol. The first-order chi connectivity index (χ1) is 11.8. The number of anilines is 1. The maximum absolute atomic E-state index is 12.5. The Labute approximate surface area is 144 Å². The van der Waals surface area contributed by atoms with E-state index in [1.807, 2.05) is 0 Å². The molecule has 1 aliphatic carbocycles. The van der Waals surface area contributed by atoms with E-state index < -0.39 is 27.8 Å². The van der Waals surface area contributed by atoms with Crippen LogP contribution in [0.5, 0.6) is 0 Å². The third-order valence-electron chi connectivity index (χ3n) is 4.68. The van der Waals surface area contributed by atoms with Gasteiger partial charge in [0.15, 0.2) is 0 Å². The molecule has 0 unspecified atom stereocenters. The summed E-state index contributed by atoms with van der Waals surface area (Å²) in [4.78, 5) is 2.92. The molecule has 1 aliphatic heterocycles. The Morgan fingerprint density at radius 3 is 2.28 bits per heavy atom. The van der Waals surface area contributed by atoms with E-state index in [-0.39, 0.29) is 37.4 Å². The minimum atomic E-state index is -4.23. The molecule has 0 N–H and O–H groups in total. The highest BCUT2D eigenvalue weighted by molar-refractivity contribution is 7.91. The number of piperazine rings is 1. The molecule has 1 aromatic rings. The largest absolute Gasteiger partial charge is 0.401 e. The van der Waals surface area contributed by atoms with Crippen LogP contribution in [0, 0.1) is 0 Å². The summed E-state index contributed by atoms with van der Waals surface area (Å²) in [7, 11) is -3.64. The molecule has 0 radical (unpaired) electrons. The maximum atomic E-state index is 12.5. The van der Waals surface area contributed by atoms with E-state index in [0.29, 0.717) is 12.8 Å². The third-order valence-corrected chi connectivity index (χ3v) is 6.68. The van der Waals surface area contributed by atoms with Crippen LogP contribution in [0.4, 0.5) is 19.2 Å². The zero-order chi connectivity index (χ0) is 18.1. The monoisotopic (exact) mass is 382 g/mol. The van der Waals surface area contributed by atoms with E-state index in [9.17, 15) is 21.6 Å². The van der Waals surface area contributed by atoms with Crippen LogP contribution < -0.4 is 4.90 Å². The molecule has 2 aliphatic rings. The highest BCUT2D eigenvalue weighted by Crippen LogP contribution is 2.29. The minimum absolute atomic E-state index is 0.0565. The fourth-order valence-corrected chi connectivity index (χ4v) is 4.90. The van der Waals surface area contributed by atoms with Crippen molar-refractivity contribution in [2.75, 3.05) is 37.6 Å². The van der Waals surface area contributed by atoms with Gasteiger partial charge in [-0.2, -0.15) is 13.2 Å². The summed E-state index contributed by atoms with van der Waals surface area (Å²) in [5, 5.41) is 6.60. The summed E-state index contributed by atoms with van der Waals surface area (Å²) in [6, 6.07) is 0.0565. The van der Waals surface area contributed by atoms with Crippen LogP contribution in [0.15, 0.2) is 9.64 Å². The molecule has 0 aromatic carbocycles. The fourth-order valence-electron chi connectivity index (χ4n) is 3.31. The van der Waals surface area contributed by atoms with Gasteiger partial charge in [-0.1, -0.05) is 29.5 Å². The topological polar surface area (TPSA) is 79.5 Å². The number of halogens is 3. The molecule has 0 bridgehead atoms. The van der Waals surface area contributed by atoms with Crippen LogP contribution in [0.3, 0.4) is 0 Å². The van der Waals surface area contributed by atoms with E-state index in [1.54, 1.807) is 4.90 Å². The van der Waals surface area contributed by atoms with Gasteiger partial charge in [-0.15, -0.1) is 0 Å². The first-order valence-corrected chi connectivity index (χ1v) is 9.92. The van der Waals surface area contributed by atoms with Gasteiger partial charge in [-0.05, 0) is 12.8 Å². The van der Waals surface area contributed by atoms with Crippen LogP contribution in [0.1, 0.15) is 32.1 Å². The number of hydrogen-bond donors (Lipinski definition) is 0. The molecule has 2 heterocycles. The predicted octanol–water partition coefficient (Wildman–Crippen LogP) is 1.86. The molecular formula is C14H21F3N4O3S. The zero-order valence-corrected chi connectivity index (χ0v) is 14.5. The summed E-state index contributed by atoms with van der Waals surface area (Å²) < 4.78 is 67.7. The summed E-state index contributed by atoms with van der Waals surface area (Å²) in [5.74, 6) is 0. The highest BCUT2D eigenvalue weighted by Gasteiger charge is 2.35. The lowest BCUT2D eigenvalue weighted by Crippen LogP contribution is -2.49. The summed E-state index contributed by atoms with van der Waals surface area (Å²) in [6.45, 7) is 0.00750. The van der Waals surface area contributed by atoms with Crippen molar-refractivity contribution in [2.24, 2.45) is 0 Å². The number of rotatable bonds is 4. The van der Waals surface area contributed by atoms with Crippen molar-refractivity contribution in [1.29, 1.82) is 0 Å². The number of hydrogen-bond acceptors (Lipinski definition) is 7. The van der Waals surface area contributed by atoms with E-state index in [4.69, 9.17) is 4.42 Å². The second-order valence-corrected chi connectivity index (χ2v) is 8.64. The smallest absolute Gasteiger partial charge is 0.394 e. The van der Waals surface area contributed by atoms with Crippen LogP contribution >= 0.6 is 0 Å². The first-order valence-electron chi connectivity index (χ1n) is 8.37. The Morgan fingerprint density at radius 1 is 1.04 bits per heavy atom. The molecule has 3 rings (SSSR count). The first kappa shape index (κ1) is 18.4. The second-order valence-electron chi connectivity index (χ2n) is 6.53. The molecule has 1 aromatic heterocycles. The molecule has 0 amide bonds. The summed E-state index contributed by atoms with van der Waals surface area (Å²) in [6.07, 6.45) is -0.276. The van der Waals surface area contributed by atoms with Crippen LogP contribution in [-0.2, 0) is 9.84 Å². The van der Waals surface area contributed by atoms with Gasteiger partial charge in [0.1, 0.15) is 0 Å². The number of alkyl halides is 3. The van der Waals surface area contributed by atoms with Crippen molar-refractivity contribution >= 4 is 15.9 Å². The Hall–Kier alpha value is -1.36. The normalized spacial score (nSPS) is 21.6. The molecule has 142 valence electrons. The molecule has 1 saturated carbocycles. The molecule has 0 atom stereocenters. The Kier molecular flexibility index (Phi) is 5.24. The van der Waals surface area contributed by atoms with Gasteiger partial charge in [0.05, 0.1) is 11.8 Å². The molecule has 0 spiro atoms. The number of aromatic nitrogens is 2. The van der Waals surface area contributed by atoms with Crippen molar-refractivity contribution in [3.05, 3.63) is 0 Å². The van der Waals surface area contributed by atoms with Gasteiger partial charge in [-0.25, -0.2) is 8.42 Å². The van der Waals surface area contributed by atoms with Crippen LogP contribution in [0.25, 0.3) is 0 Å². The average molecular weight is 382 g/mol. The second kappa shape index (κ2) is 7.10. The quantitative estimate of drug-likeness (QED) is 0.786. The third kappa shape index (κ3) is 4.43. The standard InChI is InChI=1S/C14H21F3N4O3S/c15-14(16,17)10-20-6-8-21(9-7-20)12-18-19-13(24-12)25(22,23)11-4-2-1-3-5-11/h11H,1-10H2. The highest BCUT2D eigenvalue weighted by atomic mass is 32.2. The lowest BCUT2D eigenvalue weighted by Gasteiger charge is -2.33. The van der Waals surface area contributed by atoms with Crippen molar-refractivity contribution < 1.29 is 26.0 Å². The predicted molar refractivity (Wildman–Crippen MR) is 83.1 cm³/mol. The molecule has 7 nitrogen and oxygen atoms in total. The van der Waals surface area contributed by atoms with Crippen molar-refractivity contribution in [1.82, 2.24) is 15.1 Å². The van der Waals surface area contributed by atoms with Crippen molar-refractivity contribution in [3.63, 3.8) is 0 Å². The lowest BCUT2D eigenvalue weighted by molar-refractivity contribution is -0.146. The Bertz CT molecular complexity index is 678. The van der Waals surface area contributed by atoms with Crippen molar-refractivity contribution in [3.8, 4) is 0 Å². The molecule has 11 heteroatoms. The van der Waals surface area contributed by atoms with Crippen LogP contribution in [-0.4, -0.2) is 67.7 Å². The van der Waals surface area contributed by atoms with E-state index in [2.05, 4.69) is 10.2 Å². The maximum Gasteiger partial charge on any atom is 0.401 e. The number of sulfone groups is 1. The fraction of sp³-hybridized carbons (Fsp3) is 0.857. The molecule has 25 heavy (non-hydrogen) atoms. The van der Waals surface area contributed by atoms with Gasteiger partial charge in [-0.3, -0.25) is 4.90 Å². The summed E-state index contributed by atoms with van der Waals surface area (Å²) in [5.41, 5.74) is 0. The zero-order valence-electron chi connectivity index (χ0n) is 13.7. The van der Waals surface area contributed by atoms with Crippen LogP contribution in [0.2, 0.25) is 0 Å². The van der Waals surface area contributed by atoms with Crippen molar-refractivity contribution in [2.45, 2.75) is 48.8 Å². The Balaban J connectivity index is 1.62. The lowest BCUT2D eigenvalue weighted by atomic mass is 10.0. The SMILES string of the molecule is O=S(=O)(c1nnc(N2CCN(CC(F)(F)F)CC2)o1)C1CCCCC1. The molecule has 2 fully saturated rings. The molecule has 1 saturated heterocycles. The minimum Gasteiger partial charge on any atom is -0.394 e. The van der Waals surface area contributed by atoms with E-state index in [1.165, 1.54) is 4.90 Å². The Morgan fingerprint density at radius 2 is 1.68 bits per heavy atom. The van der Waals surface area contributed by atoms with Gasteiger partial charge >= 0.3 is 17.4 Å². The van der Waals surface area contributed by atoms with Gasteiger partial charge < -0.3 is 9.32 Å². The van der Waals surface area contributed by atoms with Gasteiger partial charge in [0.2, 0.25) is 9.84 Å². The number of nitrogens with zero attached hydrogens (tertiary/aromatic N) is 4. The average Bonchev–Trinajstić information content (AvgIpc) is 3.06.